The maximum atomic E-state index is 11.5. The number of nitrogens with zero attached hydrogens (tertiary/aromatic N) is 4. The summed E-state index contributed by atoms with van der Waals surface area (Å²) in [7, 11) is 0. The lowest BCUT2D eigenvalue weighted by Gasteiger charge is -2.32. The Morgan fingerprint density at radius 3 is 2.68 bits per heavy atom. The number of pyridine rings is 1. The molecule has 1 amide bonds. The minimum absolute atomic E-state index is 0.115. The number of benzene rings is 1. The Bertz CT molecular complexity index is 1000. The average Bonchev–Trinajstić information content (AvgIpc) is 2.73. The van der Waals surface area contributed by atoms with E-state index in [1.807, 2.05) is 23.1 Å². The molecule has 0 unspecified atom stereocenters. The molecule has 3 heterocycles. The molecule has 0 spiro atoms. The molecule has 1 aliphatic rings. The van der Waals surface area contributed by atoms with Crippen LogP contribution in [0, 0.1) is 0 Å². The number of aromatic nitrogens is 3. The van der Waals surface area contributed by atoms with Crippen molar-refractivity contribution in [3.63, 3.8) is 0 Å². The molecule has 1 aromatic carbocycles. The molecule has 1 aliphatic heterocycles. The predicted molar refractivity (Wildman–Crippen MR) is 105 cm³/mol. The molecule has 0 radical (unpaired) electrons. The minimum atomic E-state index is 0.115. The monoisotopic (exact) mass is 379 g/mol. The summed E-state index contributed by atoms with van der Waals surface area (Å²) in [5.41, 5.74) is 4.16. The quantitative estimate of drug-likeness (QED) is 0.531. The van der Waals surface area contributed by atoms with Crippen LogP contribution in [-0.4, -0.2) is 50.1 Å². The molecular weight excluding hydrogens is 358 g/mol. The number of fused-ring (bicyclic) bond motifs is 1. The molecule has 144 valence electrons. The van der Waals surface area contributed by atoms with Gasteiger partial charge in [0.2, 0.25) is 5.91 Å². The first-order valence-electron chi connectivity index (χ1n) is 9.18. The first kappa shape index (κ1) is 18.1. The third kappa shape index (κ3) is 3.72. The Labute approximate surface area is 162 Å². The highest BCUT2D eigenvalue weighted by Crippen LogP contribution is 2.32. The van der Waals surface area contributed by atoms with Gasteiger partial charge in [-0.3, -0.25) is 14.8 Å². The molecule has 3 aromatic rings. The largest absolute Gasteiger partial charge is 0.382 e. The van der Waals surface area contributed by atoms with Gasteiger partial charge in [-0.2, -0.15) is 0 Å². The van der Waals surface area contributed by atoms with E-state index in [0.29, 0.717) is 0 Å². The number of hydrogen-bond donors (Lipinski definition) is 2. The van der Waals surface area contributed by atoms with Gasteiger partial charge in [0.15, 0.2) is 0 Å². The van der Waals surface area contributed by atoms with Gasteiger partial charge in [0.25, 0.3) is 5.88 Å². The molecule has 2 N–H and O–H groups in total. The van der Waals surface area contributed by atoms with E-state index in [9.17, 15) is 4.79 Å². The van der Waals surface area contributed by atoms with E-state index in [2.05, 4.69) is 25.2 Å². The van der Waals surface area contributed by atoms with Gasteiger partial charge in [-0.05, 0) is 36.6 Å². The predicted octanol–water partition coefficient (Wildman–Crippen LogP) is 2.97. The maximum Gasteiger partial charge on any atom is 0.256 e. The number of carbonyl (C=O) groups excluding carboxylic acids is 1. The zero-order valence-electron chi connectivity index (χ0n) is 15.5. The Kier molecular flexibility index (Phi) is 5.03. The molecule has 28 heavy (non-hydrogen) atoms. The highest BCUT2D eigenvalue weighted by atomic mass is 17.1. The van der Waals surface area contributed by atoms with E-state index in [1.165, 1.54) is 0 Å². The summed E-state index contributed by atoms with van der Waals surface area (Å²) in [6.45, 7) is 3.13. The fourth-order valence-electron chi connectivity index (χ4n) is 3.58. The van der Waals surface area contributed by atoms with Crippen molar-refractivity contribution in [1.82, 2.24) is 19.9 Å². The normalized spacial score (nSPS) is 14.9. The van der Waals surface area contributed by atoms with Gasteiger partial charge in [0.1, 0.15) is 0 Å². The lowest BCUT2D eigenvalue weighted by atomic mass is 10.0. The average molecular weight is 379 g/mol. The van der Waals surface area contributed by atoms with E-state index in [4.69, 9.17) is 5.26 Å². The van der Waals surface area contributed by atoms with E-state index >= 15 is 0 Å². The second-order valence-electron chi connectivity index (χ2n) is 6.85. The lowest BCUT2D eigenvalue weighted by Crippen LogP contribution is -2.41. The van der Waals surface area contributed by atoms with Crippen molar-refractivity contribution in [3.8, 4) is 17.0 Å². The number of hydrogen-bond acceptors (Lipinski definition) is 7. The summed E-state index contributed by atoms with van der Waals surface area (Å²) < 4.78 is 0. The molecular formula is C20H21N5O3. The molecule has 0 bridgehead atoms. The molecule has 2 aromatic heterocycles. The molecule has 1 fully saturated rings. The van der Waals surface area contributed by atoms with E-state index < -0.39 is 0 Å². The van der Waals surface area contributed by atoms with Crippen molar-refractivity contribution in [3.05, 3.63) is 42.9 Å². The topological polar surface area (TPSA) is 100 Å². The summed E-state index contributed by atoms with van der Waals surface area (Å²) in [6, 6.07) is 7.77. The van der Waals surface area contributed by atoms with Crippen LogP contribution in [0.1, 0.15) is 19.8 Å². The number of rotatable bonds is 4. The zero-order chi connectivity index (χ0) is 19.5. The fourth-order valence-corrected chi connectivity index (χ4v) is 3.58. The molecule has 1 saturated heterocycles. The molecule has 0 saturated carbocycles. The fraction of sp³-hybridized carbons (Fsp3) is 0.300. The van der Waals surface area contributed by atoms with Gasteiger partial charge in [-0.25, -0.2) is 10.2 Å². The first-order valence-corrected chi connectivity index (χ1v) is 9.18. The van der Waals surface area contributed by atoms with Crippen LogP contribution in [0.15, 0.2) is 42.9 Å². The van der Waals surface area contributed by atoms with Crippen LogP contribution in [0.5, 0.6) is 5.88 Å². The third-order valence-electron chi connectivity index (χ3n) is 5.02. The van der Waals surface area contributed by atoms with Crippen LogP contribution in [-0.2, 0) is 4.79 Å². The van der Waals surface area contributed by atoms with Gasteiger partial charge in [0, 0.05) is 62.0 Å². The Morgan fingerprint density at radius 1 is 1.14 bits per heavy atom. The van der Waals surface area contributed by atoms with Crippen LogP contribution < -0.4 is 10.2 Å². The van der Waals surface area contributed by atoms with Crippen molar-refractivity contribution in [2.24, 2.45) is 0 Å². The number of piperidine rings is 1. The zero-order valence-corrected chi connectivity index (χ0v) is 15.5. The summed E-state index contributed by atoms with van der Waals surface area (Å²) in [5.74, 6) is 0.241. The van der Waals surface area contributed by atoms with Crippen molar-refractivity contribution in [2.45, 2.75) is 25.8 Å². The van der Waals surface area contributed by atoms with Gasteiger partial charge in [-0.1, -0.05) is 0 Å². The summed E-state index contributed by atoms with van der Waals surface area (Å²) >= 11 is 0. The van der Waals surface area contributed by atoms with Gasteiger partial charge in [0.05, 0.1) is 11.0 Å². The number of carbonyl (C=O) groups is 1. The van der Waals surface area contributed by atoms with E-state index in [-0.39, 0.29) is 17.8 Å². The summed E-state index contributed by atoms with van der Waals surface area (Å²) in [5, 5.41) is 12.5. The number of amides is 1. The molecule has 8 nitrogen and oxygen atoms in total. The van der Waals surface area contributed by atoms with Crippen molar-refractivity contribution in [1.29, 1.82) is 0 Å². The van der Waals surface area contributed by atoms with Crippen LogP contribution in [0.2, 0.25) is 0 Å². The maximum absolute atomic E-state index is 11.5. The minimum Gasteiger partial charge on any atom is -0.382 e. The molecule has 0 aliphatic carbocycles. The second kappa shape index (κ2) is 7.77. The van der Waals surface area contributed by atoms with Crippen molar-refractivity contribution < 1.29 is 14.9 Å². The molecule has 0 atom stereocenters. The van der Waals surface area contributed by atoms with E-state index in [0.717, 1.165) is 53.8 Å². The Morgan fingerprint density at radius 2 is 1.93 bits per heavy atom. The third-order valence-corrected chi connectivity index (χ3v) is 5.02. The Balaban J connectivity index is 1.66. The molecule has 8 heteroatoms. The van der Waals surface area contributed by atoms with Crippen LogP contribution in [0.3, 0.4) is 0 Å². The smallest absolute Gasteiger partial charge is 0.256 e. The molecule has 4 rings (SSSR count). The summed E-state index contributed by atoms with van der Waals surface area (Å²) in [6.07, 6.45) is 6.67. The van der Waals surface area contributed by atoms with Crippen molar-refractivity contribution >= 4 is 22.6 Å². The number of likely N-dealkylation sites (tertiary alicyclic amines) is 1. The van der Waals surface area contributed by atoms with Crippen LogP contribution >= 0.6 is 0 Å². The van der Waals surface area contributed by atoms with Gasteiger partial charge >= 0.3 is 0 Å². The summed E-state index contributed by atoms with van der Waals surface area (Å²) in [4.78, 5) is 30.5. The van der Waals surface area contributed by atoms with Crippen molar-refractivity contribution in [2.75, 3.05) is 18.4 Å². The van der Waals surface area contributed by atoms with E-state index in [1.54, 1.807) is 31.6 Å². The lowest BCUT2D eigenvalue weighted by molar-refractivity contribution is -0.141. The SMILES string of the molecule is CC(=O)N1CCC(Nc2cc(-c3ccnc(OO)c3)c3nccnc3c2)CC1. The standard InChI is InChI=1S/C20H21N5O3/c1-13(26)25-8-3-15(4-9-25)24-16-11-17(14-2-5-22-19(10-14)28-27)20-18(12-16)21-6-7-23-20/h2,5-7,10-12,15,24,27H,3-4,8-9H2,1H3. The Hall–Kier alpha value is -3.26. The first-order chi connectivity index (χ1) is 13.6. The highest BCUT2D eigenvalue weighted by Gasteiger charge is 2.21. The van der Waals surface area contributed by atoms with Gasteiger partial charge in [-0.15, -0.1) is 0 Å². The van der Waals surface area contributed by atoms with Crippen LogP contribution in [0.25, 0.3) is 22.2 Å². The van der Waals surface area contributed by atoms with Gasteiger partial charge < -0.3 is 15.1 Å². The number of anilines is 1. The number of nitrogens with one attached hydrogen (secondary N) is 1. The second-order valence-corrected chi connectivity index (χ2v) is 6.85. The van der Waals surface area contributed by atoms with Crippen LogP contribution in [0.4, 0.5) is 5.69 Å². The highest BCUT2D eigenvalue weighted by molar-refractivity contribution is 5.94.